The minimum atomic E-state index is 0.560. The van der Waals surface area contributed by atoms with Gasteiger partial charge in [-0.2, -0.15) is 5.06 Å². The lowest BCUT2D eigenvalue weighted by Gasteiger charge is -2.15. The van der Waals surface area contributed by atoms with Crippen molar-refractivity contribution in [2.45, 2.75) is 32.6 Å². The lowest BCUT2D eigenvalue weighted by Crippen LogP contribution is -2.21. The van der Waals surface area contributed by atoms with Crippen LogP contribution in [-0.4, -0.2) is 13.0 Å². The molecular weight excluding hydrogens is 202 g/mol. The molecule has 3 heteroatoms. The predicted octanol–water partition coefficient (Wildman–Crippen LogP) is 3.07. The van der Waals surface area contributed by atoms with Gasteiger partial charge in [0.25, 0.3) is 0 Å². The molecule has 0 saturated heterocycles. The summed E-state index contributed by atoms with van der Waals surface area (Å²) in [5, 5.41) is 1.16. The third kappa shape index (κ3) is 4.45. The summed E-state index contributed by atoms with van der Waals surface area (Å²) in [6.07, 6.45) is 6.28. The van der Waals surface area contributed by atoms with Gasteiger partial charge in [0, 0.05) is 0 Å². The zero-order valence-corrected chi connectivity index (χ0v) is 9.69. The van der Waals surface area contributed by atoms with Gasteiger partial charge < -0.3 is 0 Å². The Morgan fingerprint density at radius 3 is 2.56 bits per heavy atom. The van der Waals surface area contributed by atoms with Gasteiger partial charge in [-0.15, -0.1) is 0 Å². The quantitative estimate of drug-likeness (QED) is 0.383. The summed E-state index contributed by atoms with van der Waals surface area (Å²) in [5.74, 6) is 0. The van der Waals surface area contributed by atoms with Crippen molar-refractivity contribution in [1.82, 2.24) is 0 Å². The Hall–Kier alpha value is -1.35. The molecule has 0 aromatic heterocycles. The van der Waals surface area contributed by atoms with Crippen LogP contribution in [0.3, 0.4) is 0 Å². The monoisotopic (exact) mass is 220 g/mol. The zero-order chi connectivity index (χ0) is 11.6. The Kier molecular flexibility index (Phi) is 6.26. The predicted molar refractivity (Wildman–Crippen MR) is 64.7 cm³/mol. The zero-order valence-electron chi connectivity index (χ0n) is 9.69. The average Bonchev–Trinajstić information content (AvgIpc) is 2.35. The molecule has 0 spiro atoms. The first-order valence-corrected chi connectivity index (χ1v) is 5.74. The molecule has 0 bridgehead atoms. The highest BCUT2D eigenvalue weighted by molar-refractivity contribution is 5.72. The molecule has 87 valence electrons. The fourth-order valence-corrected chi connectivity index (χ4v) is 1.40. The highest BCUT2D eigenvalue weighted by Crippen LogP contribution is 2.12. The summed E-state index contributed by atoms with van der Waals surface area (Å²) in [7, 11) is 0. The SMILES string of the molecule is CCCCCCON([C]=O)c1ccccc1. The fraction of sp³-hybridized carbons (Fsp3) is 0.462. The van der Waals surface area contributed by atoms with Gasteiger partial charge >= 0.3 is 6.41 Å². The van der Waals surface area contributed by atoms with Crippen molar-refractivity contribution in [2.75, 3.05) is 11.7 Å². The minimum absolute atomic E-state index is 0.560. The molecule has 0 N–H and O–H groups in total. The Morgan fingerprint density at radius 1 is 1.19 bits per heavy atom. The van der Waals surface area contributed by atoms with E-state index < -0.39 is 0 Å². The van der Waals surface area contributed by atoms with E-state index in [4.69, 9.17) is 4.84 Å². The number of carbonyl (C=O) groups excluding carboxylic acids is 1. The molecule has 0 heterocycles. The Balaban J connectivity index is 2.30. The normalized spacial score (nSPS) is 10.1. The van der Waals surface area contributed by atoms with Crippen molar-refractivity contribution >= 4 is 12.1 Å². The van der Waals surface area contributed by atoms with Gasteiger partial charge in [0.1, 0.15) is 0 Å². The number of hydrogen-bond acceptors (Lipinski definition) is 2. The van der Waals surface area contributed by atoms with Crippen LogP contribution in [0.5, 0.6) is 0 Å². The summed E-state index contributed by atoms with van der Waals surface area (Å²) in [5.41, 5.74) is 0.716. The van der Waals surface area contributed by atoms with Crippen molar-refractivity contribution in [2.24, 2.45) is 0 Å². The van der Waals surface area contributed by atoms with Crippen LogP contribution in [0, 0.1) is 0 Å². The molecule has 1 radical (unpaired) electrons. The fourth-order valence-electron chi connectivity index (χ4n) is 1.40. The lowest BCUT2D eigenvalue weighted by molar-refractivity contribution is 0.136. The van der Waals surface area contributed by atoms with E-state index in [9.17, 15) is 4.79 Å². The van der Waals surface area contributed by atoms with Crippen LogP contribution in [-0.2, 0) is 9.63 Å². The number of hydrogen-bond donors (Lipinski definition) is 0. The number of nitrogens with zero attached hydrogens (tertiary/aromatic N) is 1. The van der Waals surface area contributed by atoms with Crippen molar-refractivity contribution in [3.8, 4) is 0 Å². The smallest absolute Gasteiger partial charge is 0.266 e. The lowest BCUT2D eigenvalue weighted by atomic mass is 10.2. The van der Waals surface area contributed by atoms with E-state index in [1.807, 2.05) is 30.3 Å². The third-order valence-corrected chi connectivity index (χ3v) is 2.29. The molecule has 1 amide bonds. The number of anilines is 1. The van der Waals surface area contributed by atoms with Gasteiger partial charge in [0.05, 0.1) is 12.3 Å². The van der Waals surface area contributed by atoms with Crippen molar-refractivity contribution < 1.29 is 9.63 Å². The van der Waals surface area contributed by atoms with Gasteiger partial charge in [-0.3, -0.25) is 9.63 Å². The van der Waals surface area contributed by atoms with Crippen molar-refractivity contribution in [1.29, 1.82) is 0 Å². The molecule has 3 nitrogen and oxygen atoms in total. The first kappa shape index (κ1) is 12.7. The molecule has 16 heavy (non-hydrogen) atoms. The van der Waals surface area contributed by atoms with Crippen LogP contribution >= 0.6 is 0 Å². The third-order valence-electron chi connectivity index (χ3n) is 2.29. The number of amides is 1. The summed E-state index contributed by atoms with van der Waals surface area (Å²) in [6, 6.07) is 9.25. The topological polar surface area (TPSA) is 29.5 Å². The molecule has 0 atom stereocenters. The second-order valence-corrected chi connectivity index (χ2v) is 3.62. The summed E-state index contributed by atoms with van der Waals surface area (Å²) in [6.45, 7) is 2.72. The molecule has 1 rings (SSSR count). The van der Waals surface area contributed by atoms with E-state index in [1.165, 1.54) is 12.8 Å². The van der Waals surface area contributed by atoms with Gasteiger partial charge in [0.2, 0.25) is 0 Å². The summed E-state index contributed by atoms with van der Waals surface area (Å²) in [4.78, 5) is 16.0. The largest absolute Gasteiger partial charge is 0.342 e. The van der Waals surface area contributed by atoms with Crippen LogP contribution in [0.1, 0.15) is 32.6 Å². The van der Waals surface area contributed by atoms with E-state index in [0.717, 1.165) is 17.9 Å². The molecule has 0 fully saturated rings. The van der Waals surface area contributed by atoms with E-state index in [0.29, 0.717) is 12.3 Å². The first-order valence-electron chi connectivity index (χ1n) is 5.74. The highest BCUT2D eigenvalue weighted by Gasteiger charge is 2.05. The molecule has 1 aromatic rings. The molecule has 0 aliphatic carbocycles. The molecule has 0 saturated carbocycles. The van der Waals surface area contributed by atoms with E-state index in [1.54, 1.807) is 6.41 Å². The van der Waals surface area contributed by atoms with E-state index >= 15 is 0 Å². The van der Waals surface area contributed by atoms with Crippen LogP contribution in [0.2, 0.25) is 0 Å². The second-order valence-electron chi connectivity index (χ2n) is 3.62. The van der Waals surface area contributed by atoms with Crippen LogP contribution < -0.4 is 5.06 Å². The Labute approximate surface area is 97.0 Å². The molecule has 0 aliphatic rings. The molecule has 0 unspecified atom stereocenters. The van der Waals surface area contributed by atoms with E-state index in [-0.39, 0.29) is 0 Å². The van der Waals surface area contributed by atoms with Crippen LogP contribution in [0.4, 0.5) is 5.69 Å². The Bertz CT molecular complexity index is 287. The van der Waals surface area contributed by atoms with Gasteiger partial charge in [-0.1, -0.05) is 44.4 Å². The number of unbranched alkanes of at least 4 members (excludes halogenated alkanes) is 3. The molecule has 0 aliphatic heterocycles. The first-order chi connectivity index (χ1) is 7.88. The van der Waals surface area contributed by atoms with Gasteiger partial charge in [-0.05, 0) is 18.6 Å². The van der Waals surface area contributed by atoms with E-state index in [2.05, 4.69) is 6.92 Å². The van der Waals surface area contributed by atoms with Crippen molar-refractivity contribution in [3.05, 3.63) is 30.3 Å². The van der Waals surface area contributed by atoms with Gasteiger partial charge in [0.15, 0.2) is 0 Å². The summed E-state index contributed by atoms with van der Waals surface area (Å²) < 4.78 is 0. The van der Waals surface area contributed by atoms with Crippen LogP contribution in [0.15, 0.2) is 30.3 Å². The average molecular weight is 220 g/mol. The standard InChI is InChI=1S/C13H18NO2/c1-2-3-4-8-11-16-14(12-15)13-9-6-5-7-10-13/h5-7,9-10H,2-4,8,11H2,1H3. The van der Waals surface area contributed by atoms with Crippen molar-refractivity contribution in [3.63, 3.8) is 0 Å². The minimum Gasteiger partial charge on any atom is -0.266 e. The molecule has 1 aromatic carbocycles. The maximum atomic E-state index is 10.7. The number of benzene rings is 1. The highest BCUT2D eigenvalue weighted by atomic mass is 16.7. The number of para-hydroxylation sites is 1. The van der Waals surface area contributed by atoms with Crippen LogP contribution in [0.25, 0.3) is 0 Å². The maximum absolute atomic E-state index is 10.7. The maximum Gasteiger partial charge on any atom is 0.342 e. The number of rotatable bonds is 8. The summed E-state index contributed by atoms with van der Waals surface area (Å²) >= 11 is 0. The Morgan fingerprint density at radius 2 is 1.94 bits per heavy atom. The second kappa shape index (κ2) is 7.88. The number of hydroxylamine groups is 1. The van der Waals surface area contributed by atoms with Gasteiger partial charge in [-0.25, -0.2) is 0 Å². The molecular formula is C13H18NO2.